The Morgan fingerprint density at radius 3 is 2.46 bits per heavy atom. The Labute approximate surface area is 161 Å². The number of hydrogen-bond acceptors (Lipinski definition) is 5. The van der Waals surface area contributed by atoms with Crippen molar-refractivity contribution in [3.05, 3.63) is 45.8 Å². The van der Waals surface area contributed by atoms with Crippen LogP contribution >= 0.6 is 23.2 Å². The molecule has 2 rings (SSSR count). The lowest BCUT2D eigenvalue weighted by Gasteiger charge is -2.20. The van der Waals surface area contributed by atoms with E-state index in [9.17, 15) is 9.18 Å². The molecule has 0 aliphatic rings. The topological polar surface area (TPSA) is 57.7 Å². The molecule has 1 aromatic heterocycles. The average molecular weight is 402 g/mol. The number of nitrogens with zero attached hydrogens (tertiary/aromatic N) is 1. The molecule has 8 heteroatoms. The van der Waals surface area contributed by atoms with Gasteiger partial charge in [-0.25, -0.2) is 14.2 Å². The molecule has 140 valence electrons. The molecule has 0 radical (unpaired) electrons. The van der Waals surface area contributed by atoms with Gasteiger partial charge in [0.15, 0.2) is 0 Å². The van der Waals surface area contributed by atoms with Gasteiger partial charge in [0.2, 0.25) is 5.88 Å². The molecule has 0 unspecified atom stereocenters. The van der Waals surface area contributed by atoms with E-state index in [0.29, 0.717) is 6.61 Å². The van der Waals surface area contributed by atoms with Gasteiger partial charge < -0.3 is 14.2 Å². The van der Waals surface area contributed by atoms with Crippen LogP contribution < -0.4 is 9.47 Å². The van der Waals surface area contributed by atoms with Gasteiger partial charge in [0, 0.05) is 12.1 Å². The summed E-state index contributed by atoms with van der Waals surface area (Å²) in [5.74, 6) is -1.11. The lowest BCUT2D eigenvalue weighted by molar-refractivity contribution is 0.00647. The zero-order valence-corrected chi connectivity index (χ0v) is 16.2. The molecule has 0 saturated heterocycles. The van der Waals surface area contributed by atoms with Crippen molar-refractivity contribution in [1.82, 2.24) is 4.98 Å². The van der Waals surface area contributed by atoms with Crippen molar-refractivity contribution in [2.45, 2.75) is 33.3 Å². The molecule has 0 spiro atoms. The number of esters is 1. The first-order valence-corrected chi connectivity index (χ1v) is 8.55. The number of aromatic nitrogens is 1. The molecule has 1 aromatic carbocycles. The van der Waals surface area contributed by atoms with Crippen LogP contribution in [0.3, 0.4) is 0 Å². The minimum Gasteiger partial charge on any atom is -0.477 e. The smallest absolute Gasteiger partial charge is 0.341 e. The van der Waals surface area contributed by atoms with Gasteiger partial charge >= 0.3 is 5.97 Å². The number of ether oxygens (including phenoxy) is 3. The number of benzene rings is 1. The predicted octanol–water partition coefficient (Wildman–Crippen LogP) is 5.67. The van der Waals surface area contributed by atoms with Crippen molar-refractivity contribution in [3.63, 3.8) is 0 Å². The predicted molar refractivity (Wildman–Crippen MR) is 97.1 cm³/mol. The average Bonchev–Trinajstić information content (AvgIpc) is 2.51. The fraction of sp³-hybridized carbons (Fsp3) is 0.333. The SMILES string of the molecule is CCOc1ncc(Oc2cc(F)c(C(=O)OC(C)(C)C)cc2Cl)cc1Cl. The molecule has 0 bridgehead atoms. The molecule has 0 aliphatic carbocycles. The zero-order chi connectivity index (χ0) is 19.5. The molecule has 0 fully saturated rings. The van der Waals surface area contributed by atoms with E-state index >= 15 is 0 Å². The van der Waals surface area contributed by atoms with Crippen LogP contribution in [0.1, 0.15) is 38.1 Å². The fourth-order valence-corrected chi connectivity index (χ4v) is 2.34. The summed E-state index contributed by atoms with van der Waals surface area (Å²) < 4.78 is 30.2. The number of halogens is 3. The van der Waals surface area contributed by atoms with Gasteiger partial charge in [-0.15, -0.1) is 0 Å². The third-order valence-corrected chi connectivity index (χ3v) is 3.50. The van der Waals surface area contributed by atoms with Gasteiger partial charge in [0.05, 0.1) is 23.4 Å². The van der Waals surface area contributed by atoms with Crippen LogP contribution in [0.4, 0.5) is 4.39 Å². The van der Waals surface area contributed by atoms with Crippen molar-refractivity contribution in [2.75, 3.05) is 6.61 Å². The van der Waals surface area contributed by atoms with E-state index in [1.807, 2.05) is 0 Å². The number of pyridine rings is 1. The van der Waals surface area contributed by atoms with Crippen LogP contribution in [0.5, 0.6) is 17.4 Å². The van der Waals surface area contributed by atoms with Gasteiger partial charge in [0.25, 0.3) is 0 Å². The standard InChI is InChI=1S/C18H18Cl2FNO4/c1-5-24-16-13(20)6-10(9-22-16)25-15-8-14(21)11(7-12(15)19)17(23)26-18(2,3)4/h6-9H,5H2,1-4H3. The van der Waals surface area contributed by atoms with Gasteiger partial charge in [-0.3, -0.25) is 0 Å². The quantitative estimate of drug-likeness (QED) is 0.603. The summed E-state index contributed by atoms with van der Waals surface area (Å²) in [5, 5.41) is 0.281. The van der Waals surface area contributed by atoms with Gasteiger partial charge in [-0.05, 0) is 33.8 Å². The highest BCUT2D eigenvalue weighted by Gasteiger charge is 2.23. The van der Waals surface area contributed by atoms with E-state index in [1.165, 1.54) is 12.3 Å². The molecular weight excluding hydrogens is 384 g/mol. The van der Waals surface area contributed by atoms with Crippen LogP contribution in [0, 0.1) is 5.82 Å². The third kappa shape index (κ3) is 5.22. The lowest BCUT2D eigenvalue weighted by atomic mass is 10.1. The van der Waals surface area contributed by atoms with E-state index in [-0.39, 0.29) is 33.0 Å². The minimum absolute atomic E-state index is 0.0125. The van der Waals surface area contributed by atoms with Crippen LogP contribution in [-0.2, 0) is 4.74 Å². The van der Waals surface area contributed by atoms with Crippen molar-refractivity contribution in [2.24, 2.45) is 0 Å². The maximum absolute atomic E-state index is 14.3. The first-order valence-electron chi connectivity index (χ1n) is 7.79. The third-order valence-electron chi connectivity index (χ3n) is 2.93. The first kappa shape index (κ1) is 20.3. The van der Waals surface area contributed by atoms with E-state index < -0.39 is 17.4 Å². The Balaban J connectivity index is 2.25. The molecular formula is C18H18Cl2FNO4. The number of carbonyl (C=O) groups is 1. The summed E-state index contributed by atoms with van der Waals surface area (Å²) in [6.07, 6.45) is 1.37. The van der Waals surface area contributed by atoms with Crippen molar-refractivity contribution < 1.29 is 23.4 Å². The zero-order valence-electron chi connectivity index (χ0n) is 14.7. The van der Waals surface area contributed by atoms with Gasteiger partial charge in [-0.1, -0.05) is 23.2 Å². The van der Waals surface area contributed by atoms with Gasteiger partial charge in [-0.2, -0.15) is 0 Å². The highest BCUT2D eigenvalue weighted by atomic mass is 35.5. The Kier molecular flexibility index (Phi) is 6.31. The molecule has 0 aliphatic heterocycles. The Hall–Kier alpha value is -2.05. The largest absolute Gasteiger partial charge is 0.477 e. The Bertz CT molecular complexity index is 822. The number of carbonyl (C=O) groups excluding carboxylic acids is 1. The molecule has 1 heterocycles. The van der Waals surface area contributed by atoms with Crippen molar-refractivity contribution in [1.29, 1.82) is 0 Å². The molecule has 0 N–H and O–H groups in total. The first-order chi connectivity index (χ1) is 12.1. The second-order valence-electron chi connectivity index (χ2n) is 6.26. The molecule has 0 saturated carbocycles. The maximum Gasteiger partial charge on any atom is 0.341 e. The maximum atomic E-state index is 14.3. The summed E-state index contributed by atoms with van der Waals surface area (Å²) >= 11 is 12.1. The highest BCUT2D eigenvalue weighted by molar-refractivity contribution is 6.32. The molecule has 0 atom stereocenters. The van der Waals surface area contributed by atoms with Crippen molar-refractivity contribution in [3.8, 4) is 17.4 Å². The lowest BCUT2D eigenvalue weighted by Crippen LogP contribution is -2.24. The second kappa shape index (κ2) is 8.10. The molecule has 2 aromatic rings. The van der Waals surface area contributed by atoms with E-state index in [4.69, 9.17) is 37.4 Å². The number of rotatable bonds is 5. The van der Waals surface area contributed by atoms with E-state index in [0.717, 1.165) is 12.1 Å². The summed E-state index contributed by atoms with van der Waals surface area (Å²) in [6, 6.07) is 3.63. The summed E-state index contributed by atoms with van der Waals surface area (Å²) in [7, 11) is 0. The van der Waals surface area contributed by atoms with E-state index in [1.54, 1.807) is 27.7 Å². The Morgan fingerprint density at radius 2 is 1.88 bits per heavy atom. The highest BCUT2D eigenvalue weighted by Crippen LogP contribution is 2.34. The summed E-state index contributed by atoms with van der Waals surface area (Å²) in [5.41, 5.74) is -1.03. The summed E-state index contributed by atoms with van der Waals surface area (Å²) in [4.78, 5) is 16.1. The van der Waals surface area contributed by atoms with Gasteiger partial charge in [0.1, 0.15) is 27.9 Å². The van der Waals surface area contributed by atoms with Crippen LogP contribution in [0.15, 0.2) is 24.4 Å². The van der Waals surface area contributed by atoms with Crippen LogP contribution in [-0.4, -0.2) is 23.2 Å². The molecule has 26 heavy (non-hydrogen) atoms. The van der Waals surface area contributed by atoms with Crippen LogP contribution in [0.2, 0.25) is 10.0 Å². The molecule has 0 amide bonds. The van der Waals surface area contributed by atoms with Crippen LogP contribution in [0.25, 0.3) is 0 Å². The number of hydrogen-bond donors (Lipinski definition) is 0. The molecule has 5 nitrogen and oxygen atoms in total. The monoisotopic (exact) mass is 401 g/mol. The fourth-order valence-electron chi connectivity index (χ4n) is 1.93. The van der Waals surface area contributed by atoms with E-state index in [2.05, 4.69) is 4.98 Å². The minimum atomic E-state index is -0.816. The summed E-state index contributed by atoms with van der Waals surface area (Å²) in [6.45, 7) is 7.27. The van der Waals surface area contributed by atoms with Crippen molar-refractivity contribution >= 4 is 29.2 Å². The normalized spacial score (nSPS) is 11.2. The second-order valence-corrected chi connectivity index (χ2v) is 7.07. The Morgan fingerprint density at radius 1 is 1.19 bits per heavy atom.